The second-order valence-corrected chi connectivity index (χ2v) is 8.86. The van der Waals surface area contributed by atoms with E-state index < -0.39 is 10.0 Å². The second kappa shape index (κ2) is 9.23. The summed E-state index contributed by atoms with van der Waals surface area (Å²) in [5.74, 6) is 0.378. The van der Waals surface area contributed by atoms with Crippen LogP contribution in [0.2, 0.25) is 0 Å². The lowest BCUT2D eigenvalue weighted by Crippen LogP contribution is -2.41. The largest absolute Gasteiger partial charge is 0.494 e. The van der Waals surface area contributed by atoms with Crippen molar-refractivity contribution in [2.45, 2.75) is 19.9 Å². The van der Waals surface area contributed by atoms with Crippen molar-refractivity contribution in [3.63, 3.8) is 0 Å². The molecular weight excluding hydrogens is 432 g/mol. The number of amides is 1. The van der Waals surface area contributed by atoms with E-state index >= 15 is 0 Å². The SMILES string of the molecule is CCOc1ccc([C@@H](C)NC(=O)CN(c2ccc(Br)cc2)S(C)(=O)=O)cc1. The van der Waals surface area contributed by atoms with Gasteiger partial charge in [0.05, 0.1) is 24.6 Å². The molecule has 0 fully saturated rings. The highest BCUT2D eigenvalue weighted by molar-refractivity contribution is 9.10. The van der Waals surface area contributed by atoms with E-state index in [1.54, 1.807) is 24.3 Å². The van der Waals surface area contributed by atoms with Crippen LogP contribution in [-0.2, 0) is 14.8 Å². The van der Waals surface area contributed by atoms with Crippen molar-refractivity contribution in [1.29, 1.82) is 0 Å². The highest BCUT2D eigenvalue weighted by Gasteiger charge is 2.21. The normalized spacial score (nSPS) is 12.3. The van der Waals surface area contributed by atoms with Gasteiger partial charge in [-0.3, -0.25) is 9.10 Å². The fourth-order valence-electron chi connectivity index (χ4n) is 2.53. The Morgan fingerprint density at radius 1 is 1.15 bits per heavy atom. The first-order chi connectivity index (χ1) is 12.7. The molecule has 1 N–H and O–H groups in total. The molecule has 1 atom stereocenters. The average Bonchev–Trinajstić information content (AvgIpc) is 2.60. The van der Waals surface area contributed by atoms with Gasteiger partial charge in [-0.2, -0.15) is 0 Å². The van der Waals surface area contributed by atoms with Gasteiger partial charge in [-0.25, -0.2) is 8.42 Å². The Bertz CT molecular complexity index is 868. The van der Waals surface area contributed by atoms with E-state index in [-0.39, 0.29) is 18.5 Å². The summed E-state index contributed by atoms with van der Waals surface area (Å²) in [6.07, 6.45) is 1.08. The number of rotatable bonds is 8. The molecule has 2 rings (SSSR count). The highest BCUT2D eigenvalue weighted by Crippen LogP contribution is 2.21. The summed E-state index contributed by atoms with van der Waals surface area (Å²) in [6.45, 7) is 4.05. The average molecular weight is 455 g/mol. The highest BCUT2D eigenvalue weighted by atomic mass is 79.9. The van der Waals surface area contributed by atoms with Crippen molar-refractivity contribution >= 4 is 37.5 Å². The third-order valence-electron chi connectivity index (χ3n) is 3.87. The Morgan fingerprint density at radius 2 is 1.74 bits per heavy atom. The third-order valence-corrected chi connectivity index (χ3v) is 5.54. The van der Waals surface area contributed by atoms with E-state index in [0.717, 1.165) is 26.3 Å². The molecule has 0 heterocycles. The van der Waals surface area contributed by atoms with Gasteiger partial charge in [0.25, 0.3) is 0 Å². The molecule has 0 spiro atoms. The van der Waals surface area contributed by atoms with Gasteiger partial charge < -0.3 is 10.1 Å². The van der Waals surface area contributed by atoms with Crippen LogP contribution in [0.25, 0.3) is 0 Å². The molecule has 146 valence electrons. The zero-order valence-electron chi connectivity index (χ0n) is 15.5. The summed E-state index contributed by atoms with van der Waals surface area (Å²) in [5.41, 5.74) is 1.34. The van der Waals surface area contributed by atoms with Crippen molar-refractivity contribution in [3.8, 4) is 5.75 Å². The van der Waals surface area contributed by atoms with E-state index in [0.29, 0.717) is 12.3 Å². The van der Waals surface area contributed by atoms with Crippen molar-refractivity contribution in [2.75, 3.05) is 23.7 Å². The minimum Gasteiger partial charge on any atom is -0.494 e. The van der Waals surface area contributed by atoms with Crippen LogP contribution >= 0.6 is 15.9 Å². The number of hydrogen-bond donors (Lipinski definition) is 1. The Morgan fingerprint density at radius 3 is 2.26 bits per heavy atom. The third kappa shape index (κ3) is 6.25. The fraction of sp³-hybridized carbons (Fsp3) is 0.316. The number of halogens is 1. The summed E-state index contributed by atoms with van der Waals surface area (Å²) in [4.78, 5) is 12.4. The molecule has 0 saturated heterocycles. The second-order valence-electron chi connectivity index (χ2n) is 6.04. The van der Waals surface area contributed by atoms with Gasteiger partial charge in [0, 0.05) is 4.47 Å². The fourth-order valence-corrected chi connectivity index (χ4v) is 3.65. The van der Waals surface area contributed by atoms with Gasteiger partial charge in [0.1, 0.15) is 12.3 Å². The molecule has 0 radical (unpaired) electrons. The topological polar surface area (TPSA) is 75.7 Å². The smallest absolute Gasteiger partial charge is 0.241 e. The van der Waals surface area contributed by atoms with Gasteiger partial charge in [-0.15, -0.1) is 0 Å². The Labute approximate surface area is 168 Å². The number of nitrogens with zero attached hydrogens (tertiary/aromatic N) is 1. The molecule has 6 nitrogen and oxygen atoms in total. The molecule has 0 aliphatic carbocycles. The molecule has 0 aromatic heterocycles. The summed E-state index contributed by atoms with van der Waals surface area (Å²) in [6, 6.07) is 13.9. The van der Waals surface area contributed by atoms with Crippen LogP contribution < -0.4 is 14.4 Å². The number of hydrogen-bond acceptors (Lipinski definition) is 4. The van der Waals surface area contributed by atoms with Crippen LogP contribution in [0, 0.1) is 0 Å². The van der Waals surface area contributed by atoms with Crippen LogP contribution in [0.1, 0.15) is 25.5 Å². The number of carbonyl (C=O) groups excluding carboxylic acids is 1. The first kappa shape index (κ1) is 21.2. The number of nitrogens with one attached hydrogen (secondary N) is 1. The zero-order chi connectivity index (χ0) is 20.0. The van der Waals surface area contributed by atoms with Crippen LogP contribution in [-0.4, -0.2) is 33.7 Å². The quantitative estimate of drug-likeness (QED) is 0.661. The summed E-state index contributed by atoms with van der Waals surface area (Å²) >= 11 is 3.31. The van der Waals surface area contributed by atoms with Crippen LogP contribution in [0.4, 0.5) is 5.69 Å². The number of ether oxygens (including phenoxy) is 1. The van der Waals surface area contributed by atoms with Gasteiger partial charge >= 0.3 is 0 Å². The van der Waals surface area contributed by atoms with E-state index in [2.05, 4.69) is 21.2 Å². The van der Waals surface area contributed by atoms with Crippen LogP contribution in [0.5, 0.6) is 5.75 Å². The van der Waals surface area contributed by atoms with Crippen molar-refractivity contribution in [2.24, 2.45) is 0 Å². The van der Waals surface area contributed by atoms with Crippen LogP contribution in [0.3, 0.4) is 0 Å². The summed E-state index contributed by atoms with van der Waals surface area (Å²) in [7, 11) is -3.60. The predicted molar refractivity (Wildman–Crippen MR) is 111 cm³/mol. The molecule has 2 aromatic rings. The molecule has 27 heavy (non-hydrogen) atoms. The Kier molecular flexibility index (Phi) is 7.26. The zero-order valence-corrected chi connectivity index (χ0v) is 17.9. The maximum atomic E-state index is 12.4. The van der Waals surface area contributed by atoms with Crippen molar-refractivity contribution in [1.82, 2.24) is 5.32 Å². The monoisotopic (exact) mass is 454 g/mol. The molecule has 2 aromatic carbocycles. The van der Waals surface area contributed by atoms with E-state index in [4.69, 9.17) is 4.74 Å². The standard InChI is InChI=1S/C19H23BrN2O4S/c1-4-26-18-11-5-15(6-12-18)14(2)21-19(23)13-22(27(3,24)25)17-9-7-16(20)8-10-17/h5-12,14H,4,13H2,1-3H3,(H,21,23)/t14-/m1/s1. The number of sulfonamides is 1. The predicted octanol–water partition coefficient (Wildman–Crippen LogP) is 3.49. The van der Waals surface area contributed by atoms with Crippen molar-refractivity contribution < 1.29 is 17.9 Å². The molecule has 1 amide bonds. The Hall–Kier alpha value is -2.06. The summed E-state index contributed by atoms with van der Waals surface area (Å²) in [5, 5.41) is 2.84. The first-order valence-corrected chi connectivity index (χ1v) is 11.1. The maximum Gasteiger partial charge on any atom is 0.241 e. The summed E-state index contributed by atoms with van der Waals surface area (Å²) < 4.78 is 31.6. The minimum atomic E-state index is -3.60. The van der Waals surface area contributed by atoms with Gasteiger partial charge in [-0.05, 0) is 55.8 Å². The van der Waals surface area contributed by atoms with Gasteiger partial charge in [-0.1, -0.05) is 28.1 Å². The maximum absolute atomic E-state index is 12.4. The number of anilines is 1. The molecule has 0 aliphatic heterocycles. The van der Waals surface area contributed by atoms with Crippen molar-refractivity contribution in [3.05, 3.63) is 58.6 Å². The minimum absolute atomic E-state index is 0.264. The Balaban J connectivity index is 2.07. The molecular formula is C19H23BrN2O4S. The molecule has 0 unspecified atom stereocenters. The van der Waals surface area contributed by atoms with E-state index in [9.17, 15) is 13.2 Å². The lowest BCUT2D eigenvalue weighted by atomic mass is 10.1. The van der Waals surface area contributed by atoms with E-state index in [1.165, 1.54) is 0 Å². The number of carbonyl (C=O) groups is 1. The van der Waals surface area contributed by atoms with E-state index in [1.807, 2.05) is 38.1 Å². The molecule has 0 saturated carbocycles. The molecule has 8 heteroatoms. The lowest BCUT2D eigenvalue weighted by molar-refractivity contribution is -0.120. The molecule has 0 aliphatic rings. The molecule has 0 bridgehead atoms. The van der Waals surface area contributed by atoms with Gasteiger partial charge in [0.2, 0.25) is 15.9 Å². The van der Waals surface area contributed by atoms with Crippen LogP contribution in [0.15, 0.2) is 53.0 Å². The lowest BCUT2D eigenvalue weighted by Gasteiger charge is -2.23. The first-order valence-electron chi connectivity index (χ1n) is 8.46. The van der Waals surface area contributed by atoms with Gasteiger partial charge in [0.15, 0.2) is 0 Å². The number of benzene rings is 2.